The number of aromatic nitrogens is 2. The molecule has 2 aromatic carbocycles. The molecule has 0 fully saturated rings. The minimum atomic E-state index is -4.74. The second-order valence-corrected chi connectivity index (χ2v) is 11.7. The topological polar surface area (TPSA) is 98.3 Å². The summed E-state index contributed by atoms with van der Waals surface area (Å²) in [6.07, 6.45) is -1.24. The molecule has 0 radical (unpaired) electrons. The lowest BCUT2D eigenvalue weighted by Crippen LogP contribution is -2.29. The summed E-state index contributed by atoms with van der Waals surface area (Å²) in [5.74, 6) is 0.378. The van der Waals surface area contributed by atoms with Crippen molar-refractivity contribution in [1.29, 1.82) is 0 Å². The summed E-state index contributed by atoms with van der Waals surface area (Å²) in [7, 11) is 12.3. The lowest BCUT2D eigenvalue weighted by molar-refractivity contribution is -0.138. The molecule has 46 heavy (non-hydrogen) atoms. The fraction of sp³-hybridized carbons (Fsp3) is 0.323. The highest BCUT2D eigenvalue weighted by Crippen LogP contribution is 2.45. The lowest BCUT2D eigenvalue weighted by Gasteiger charge is -2.32. The number of carbonyl (C=O) groups is 1. The zero-order valence-corrected chi connectivity index (χ0v) is 27.5. The van der Waals surface area contributed by atoms with Gasteiger partial charge in [-0.25, -0.2) is 15.0 Å². The summed E-state index contributed by atoms with van der Waals surface area (Å²) in [6, 6.07) is 8.50. The average molecular weight is 659 g/mol. The fourth-order valence-corrected chi connectivity index (χ4v) is 5.47. The molecule has 3 aromatic rings. The van der Waals surface area contributed by atoms with Gasteiger partial charge in [0.2, 0.25) is 11.9 Å². The van der Waals surface area contributed by atoms with Crippen molar-refractivity contribution in [2.45, 2.75) is 11.1 Å². The average Bonchev–Trinajstić information content (AvgIpc) is 3.02. The molecule has 0 saturated carbocycles. The van der Waals surface area contributed by atoms with Crippen LogP contribution >= 0.6 is 11.9 Å². The van der Waals surface area contributed by atoms with E-state index in [1.807, 2.05) is 30.9 Å². The van der Waals surface area contributed by atoms with Gasteiger partial charge in [0.05, 0.1) is 37.0 Å². The van der Waals surface area contributed by atoms with Crippen LogP contribution in [0.2, 0.25) is 0 Å². The Morgan fingerprint density at radius 3 is 2.41 bits per heavy atom. The summed E-state index contributed by atoms with van der Waals surface area (Å²) in [4.78, 5) is 25.5. The van der Waals surface area contributed by atoms with Crippen LogP contribution in [0.25, 0.3) is 5.57 Å². The molecule has 2 heterocycles. The van der Waals surface area contributed by atoms with Crippen molar-refractivity contribution >= 4 is 46.4 Å². The van der Waals surface area contributed by atoms with Gasteiger partial charge in [0.25, 0.3) is 0 Å². The van der Waals surface area contributed by atoms with Crippen molar-refractivity contribution in [3.63, 3.8) is 0 Å². The second kappa shape index (κ2) is 14.3. The van der Waals surface area contributed by atoms with Gasteiger partial charge < -0.3 is 29.9 Å². The number of methoxy groups -OCH3 is 2. The van der Waals surface area contributed by atoms with E-state index < -0.39 is 17.6 Å². The van der Waals surface area contributed by atoms with Crippen molar-refractivity contribution in [2.75, 3.05) is 78.1 Å². The van der Waals surface area contributed by atoms with E-state index in [1.165, 1.54) is 26.2 Å². The van der Waals surface area contributed by atoms with E-state index in [0.29, 0.717) is 45.6 Å². The first-order valence-electron chi connectivity index (χ1n) is 14.0. The molecule has 246 valence electrons. The Balaban J connectivity index is 1.84. The first kappa shape index (κ1) is 34.4. The molecule has 0 bridgehead atoms. The van der Waals surface area contributed by atoms with Gasteiger partial charge >= 0.3 is 6.18 Å². The van der Waals surface area contributed by atoms with Crippen LogP contribution in [0, 0.1) is 0 Å². The van der Waals surface area contributed by atoms with Crippen LogP contribution in [0.4, 0.5) is 36.2 Å². The van der Waals surface area contributed by atoms with Gasteiger partial charge in [-0.2, -0.15) is 13.2 Å². The molecule has 0 aliphatic carbocycles. The van der Waals surface area contributed by atoms with Gasteiger partial charge in [-0.3, -0.25) is 9.21 Å². The van der Waals surface area contributed by atoms with E-state index in [1.54, 1.807) is 60.1 Å². The third kappa shape index (κ3) is 7.84. The number of hydrazine groups is 1. The van der Waals surface area contributed by atoms with E-state index in [4.69, 9.17) is 9.47 Å². The van der Waals surface area contributed by atoms with Crippen LogP contribution in [-0.4, -0.2) is 92.7 Å². The molecule has 1 aromatic heterocycles. The van der Waals surface area contributed by atoms with Gasteiger partial charge in [0.15, 0.2) is 0 Å². The fourth-order valence-electron chi connectivity index (χ4n) is 4.50. The molecule has 15 heteroatoms. The van der Waals surface area contributed by atoms with E-state index in [0.717, 1.165) is 18.8 Å². The number of rotatable bonds is 12. The predicted octanol–water partition coefficient (Wildman–Crippen LogP) is 5.57. The van der Waals surface area contributed by atoms with Crippen molar-refractivity contribution in [3.8, 4) is 11.5 Å². The van der Waals surface area contributed by atoms with Crippen molar-refractivity contribution < 1.29 is 27.4 Å². The Morgan fingerprint density at radius 1 is 1.07 bits per heavy atom. The summed E-state index contributed by atoms with van der Waals surface area (Å²) in [6.45, 7) is 4.91. The molecular weight excluding hydrogens is 621 g/mol. The van der Waals surface area contributed by atoms with Gasteiger partial charge in [-0.1, -0.05) is 6.58 Å². The second-order valence-electron chi connectivity index (χ2n) is 10.7. The Kier molecular flexibility index (Phi) is 10.7. The van der Waals surface area contributed by atoms with Crippen molar-refractivity contribution in [1.82, 2.24) is 24.3 Å². The number of alkyl halides is 3. The van der Waals surface area contributed by atoms with Gasteiger partial charge in [0, 0.05) is 80.7 Å². The van der Waals surface area contributed by atoms with Gasteiger partial charge in [0.1, 0.15) is 17.1 Å². The summed E-state index contributed by atoms with van der Waals surface area (Å²) < 4.78 is 56.0. The number of hydrogen-bond donors (Lipinski definition) is 2. The SMILES string of the molecule is C=CC(=O)Nc1cc(Nc2ncc(C(F)(F)F)c(C3=CN(N(C)C)Sc4cc(OC)ccc43)n2)c(OC)cc1N(C)CCN(C)C. The molecule has 11 nitrogen and oxygen atoms in total. The highest BCUT2D eigenvalue weighted by atomic mass is 32.2. The number of hydrogen-bond acceptors (Lipinski definition) is 11. The monoisotopic (exact) mass is 658 g/mol. The highest BCUT2D eigenvalue weighted by Gasteiger charge is 2.38. The van der Waals surface area contributed by atoms with Crippen molar-refractivity contribution in [3.05, 3.63) is 72.2 Å². The molecule has 1 aliphatic heterocycles. The van der Waals surface area contributed by atoms with Crippen LogP contribution in [-0.2, 0) is 11.0 Å². The number of anilines is 4. The minimum absolute atomic E-state index is 0.110. The van der Waals surface area contributed by atoms with E-state index in [-0.39, 0.29) is 17.2 Å². The molecule has 0 saturated heterocycles. The maximum atomic E-state index is 14.4. The molecular formula is C31H37F3N8O3S. The molecule has 0 spiro atoms. The van der Waals surface area contributed by atoms with Gasteiger partial charge in [-0.05, 0) is 44.4 Å². The number of likely N-dealkylation sites (N-methyl/N-ethyl adjacent to an activating group) is 2. The first-order valence-corrected chi connectivity index (χ1v) is 14.8. The predicted molar refractivity (Wildman–Crippen MR) is 175 cm³/mol. The maximum Gasteiger partial charge on any atom is 0.419 e. The highest BCUT2D eigenvalue weighted by molar-refractivity contribution is 7.97. The van der Waals surface area contributed by atoms with E-state index >= 15 is 0 Å². The minimum Gasteiger partial charge on any atom is -0.497 e. The van der Waals surface area contributed by atoms with Crippen LogP contribution < -0.4 is 25.0 Å². The largest absolute Gasteiger partial charge is 0.497 e. The standard InChI is InChI=1S/C31H37F3N8O3S/c1-9-28(43)36-23-15-24(26(45-8)16-25(23)41(6)13-12-39(2)3)37-30-35-17-22(31(32,33)34)29(38-30)21-18-42(40(4)5)46-27-14-19(44-7)10-11-20(21)27/h9-11,14-18H,1,12-13H2,2-8H3,(H,36,43)(H,35,37,38). The number of carbonyl (C=O) groups excluding carboxylic acids is 1. The number of benzene rings is 2. The zero-order valence-electron chi connectivity index (χ0n) is 26.7. The third-order valence-electron chi connectivity index (χ3n) is 6.96. The number of nitrogens with zero attached hydrogens (tertiary/aromatic N) is 6. The molecule has 0 unspecified atom stereocenters. The number of halogens is 3. The van der Waals surface area contributed by atoms with Crippen molar-refractivity contribution in [2.24, 2.45) is 0 Å². The molecule has 1 amide bonds. The van der Waals surface area contributed by atoms with E-state index in [9.17, 15) is 18.0 Å². The summed E-state index contributed by atoms with van der Waals surface area (Å²) in [5, 5.41) is 7.55. The summed E-state index contributed by atoms with van der Waals surface area (Å²) >= 11 is 1.33. The molecule has 0 atom stereocenters. The van der Waals surface area contributed by atoms with Gasteiger partial charge in [-0.15, -0.1) is 0 Å². The van der Waals surface area contributed by atoms with Crippen LogP contribution in [0.15, 0.2) is 60.3 Å². The Morgan fingerprint density at radius 2 is 1.80 bits per heavy atom. The molecule has 4 rings (SSSR count). The number of nitrogens with one attached hydrogen (secondary N) is 2. The Hall–Kier alpha value is -4.47. The quantitative estimate of drug-likeness (QED) is 0.189. The number of amides is 1. The Bertz CT molecular complexity index is 1630. The molecule has 2 N–H and O–H groups in total. The Labute approximate surface area is 270 Å². The first-order chi connectivity index (χ1) is 21.7. The number of ether oxygens (including phenoxy) is 2. The van der Waals surface area contributed by atoms with Crippen LogP contribution in [0.5, 0.6) is 11.5 Å². The zero-order chi connectivity index (χ0) is 33.8. The van der Waals surface area contributed by atoms with E-state index in [2.05, 4.69) is 27.2 Å². The maximum absolute atomic E-state index is 14.4. The smallest absolute Gasteiger partial charge is 0.419 e. The third-order valence-corrected chi connectivity index (χ3v) is 8.11. The lowest BCUT2D eigenvalue weighted by atomic mass is 9.99. The van der Waals surface area contributed by atoms with Crippen LogP contribution in [0.1, 0.15) is 16.8 Å². The van der Waals surface area contributed by atoms with Crippen LogP contribution in [0.3, 0.4) is 0 Å². The normalized spacial score (nSPS) is 12.9. The molecule has 1 aliphatic rings. The number of fused-ring (bicyclic) bond motifs is 1. The summed E-state index contributed by atoms with van der Waals surface area (Å²) in [5.41, 5.74) is 0.892.